The summed E-state index contributed by atoms with van der Waals surface area (Å²) in [5, 5.41) is 9.30. The lowest BCUT2D eigenvalue weighted by atomic mass is 9.74. The van der Waals surface area contributed by atoms with Gasteiger partial charge in [0.25, 0.3) is 5.91 Å². The molecule has 0 N–H and O–H groups in total. The van der Waals surface area contributed by atoms with Gasteiger partial charge in [0.05, 0.1) is 11.6 Å². The number of hydrogen-bond acceptors (Lipinski definition) is 3. The van der Waals surface area contributed by atoms with Crippen LogP contribution in [0.25, 0.3) is 0 Å². The second-order valence-electron chi connectivity index (χ2n) is 11.6. The molecule has 1 amide bonds. The second kappa shape index (κ2) is 9.22. The van der Waals surface area contributed by atoms with E-state index in [9.17, 15) is 10.1 Å². The van der Waals surface area contributed by atoms with Gasteiger partial charge in [0.1, 0.15) is 0 Å². The van der Waals surface area contributed by atoms with Gasteiger partial charge in [-0.2, -0.15) is 5.26 Å². The molecule has 4 heteroatoms. The van der Waals surface area contributed by atoms with E-state index in [-0.39, 0.29) is 16.7 Å². The number of carbonyl (C=O) groups excluding carboxylic acids is 1. The number of aryl methyl sites for hydroxylation is 1. The van der Waals surface area contributed by atoms with Crippen LogP contribution in [0.1, 0.15) is 71.8 Å². The average Bonchev–Trinajstić information content (AvgIpc) is 3.18. The summed E-state index contributed by atoms with van der Waals surface area (Å²) in [4.78, 5) is 18.1. The molecular weight excluding hydrogens is 442 g/mol. The molecule has 2 aliphatic rings. The highest BCUT2D eigenvalue weighted by molar-refractivity contribution is 6.08. The van der Waals surface area contributed by atoms with Crippen LogP contribution in [0, 0.1) is 18.3 Å². The van der Waals surface area contributed by atoms with Gasteiger partial charge in [-0.25, -0.2) is 0 Å². The summed E-state index contributed by atoms with van der Waals surface area (Å²) < 4.78 is 0. The van der Waals surface area contributed by atoms with E-state index >= 15 is 0 Å². The summed E-state index contributed by atoms with van der Waals surface area (Å²) in [6, 6.07) is 24.8. The van der Waals surface area contributed by atoms with Gasteiger partial charge in [-0.1, -0.05) is 68.8 Å². The Bertz CT molecular complexity index is 1320. The number of anilines is 1. The molecule has 2 aliphatic heterocycles. The van der Waals surface area contributed by atoms with Crippen LogP contribution in [-0.2, 0) is 17.4 Å². The third-order valence-electron chi connectivity index (χ3n) is 8.00. The van der Waals surface area contributed by atoms with E-state index in [1.165, 1.54) is 22.3 Å². The van der Waals surface area contributed by atoms with Crippen molar-refractivity contribution >= 4 is 11.6 Å². The number of hydrogen-bond donors (Lipinski definition) is 0. The Hall–Kier alpha value is -3.42. The molecule has 0 radical (unpaired) electrons. The van der Waals surface area contributed by atoms with Crippen LogP contribution in [0.15, 0.2) is 66.7 Å². The van der Waals surface area contributed by atoms with Crippen LogP contribution in [0.5, 0.6) is 0 Å². The number of amides is 1. The zero-order valence-corrected chi connectivity index (χ0v) is 21.8. The van der Waals surface area contributed by atoms with E-state index < -0.39 is 0 Å². The number of benzene rings is 3. The SMILES string of the molecule is Cc1ccc2c(c1)C1(CCN(Cc3ccc(C(C)(C)C)cc3)CC1)CN2C(=O)c1cccc(C#N)c1. The van der Waals surface area contributed by atoms with Crippen LogP contribution >= 0.6 is 0 Å². The van der Waals surface area contributed by atoms with Gasteiger partial charge in [-0.05, 0) is 79.2 Å². The van der Waals surface area contributed by atoms with Crippen LogP contribution in [-0.4, -0.2) is 30.4 Å². The first-order valence-corrected chi connectivity index (χ1v) is 12.9. The normalized spacial score (nSPS) is 17.1. The maximum absolute atomic E-state index is 13.6. The highest BCUT2D eigenvalue weighted by Gasteiger charge is 2.46. The molecule has 5 rings (SSSR count). The summed E-state index contributed by atoms with van der Waals surface area (Å²) in [7, 11) is 0. The Balaban J connectivity index is 1.34. The van der Waals surface area contributed by atoms with Gasteiger partial charge in [0, 0.05) is 29.8 Å². The van der Waals surface area contributed by atoms with Crippen LogP contribution in [0.3, 0.4) is 0 Å². The third-order valence-corrected chi connectivity index (χ3v) is 8.00. The van der Waals surface area contributed by atoms with E-state index in [2.05, 4.69) is 81.1 Å². The molecule has 0 unspecified atom stereocenters. The van der Waals surface area contributed by atoms with Crippen molar-refractivity contribution in [2.45, 2.75) is 57.9 Å². The Morgan fingerprint density at radius 1 is 1.00 bits per heavy atom. The highest BCUT2D eigenvalue weighted by Crippen LogP contribution is 2.48. The molecule has 0 atom stereocenters. The lowest BCUT2D eigenvalue weighted by Crippen LogP contribution is -2.45. The molecule has 2 heterocycles. The minimum Gasteiger partial charge on any atom is -0.307 e. The van der Waals surface area contributed by atoms with Crippen molar-refractivity contribution in [3.05, 3.63) is 100 Å². The number of fused-ring (bicyclic) bond motifs is 2. The molecule has 4 nitrogen and oxygen atoms in total. The predicted molar refractivity (Wildman–Crippen MR) is 145 cm³/mol. The Morgan fingerprint density at radius 2 is 1.72 bits per heavy atom. The van der Waals surface area contributed by atoms with E-state index in [1.54, 1.807) is 18.2 Å². The van der Waals surface area contributed by atoms with Crippen molar-refractivity contribution in [3.63, 3.8) is 0 Å². The molecule has 0 saturated carbocycles. The first kappa shape index (κ1) is 24.3. The number of carbonyl (C=O) groups is 1. The molecule has 36 heavy (non-hydrogen) atoms. The van der Waals surface area contributed by atoms with Crippen molar-refractivity contribution in [1.82, 2.24) is 4.90 Å². The van der Waals surface area contributed by atoms with Crippen LogP contribution < -0.4 is 4.90 Å². The smallest absolute Gasteiger partial charge is 0.258 e. The molecule has 1 saturated heterocycles. The number of rotatable bonds is 3. The monoisotopic (exact) mass is 477 g/mol. The van der Waals surface area contributed by atoms with E-state index in [0.717, 1.165) is 38.2 Å². The summed E-state index contributed by atoms with van der Waals surface area (Å²) >= 11 is 0. The van der Waals surface area contributed by atoms with Gasteiger partial charge in [-0.3, -0.25) is 9.69 Å². The van der Waals surface area contributed by atoms with Crippen molar-refractivity contribution in [1.29, 1.82) is 5.26 Å². The average molecular weight is 478 g/mol. The van der Waals surface area contributed by atoms with E-state index in [4.69, 9.17) is 0 Å². The molecule has 0 aliphatic carbocycles. The second-order valence-corrected chi connectivity index (χ2v) is 11.6. The third kappa shape index (κ3) is 4.56. The first-order valence-electron chi connectivity index (χ1n) is 12.9. The standard InChI is InChI=1S/C32H35N3O/c1-23-8-13-29-28(18-23)32(22-35(29)30(36)26-7-5-6-25(19-26)20-33)14-16-34(17-15-32)21-24-9-11-27(12-10-24)31(2,3)4/h5-13,18-19H,14-17,21-22H2,1-4H3. The summed E-state index contributed by atoms with van der Waals surface area (Å²) in [5.41, 5.74) is 7.54. The summed E-state index contributed by atoms with van der Waals surface area (Å²) in [6.45, 7) is 12.6. The van der Waals surface area contributed by atoms with Crippen LogP contribution in [0.2, 0.25) is 0 Å². The molecule has 1 spiro atoms. The molecular formula is C32H35N3O. The molecule has 3 aromatic rings. The van der Waals surface area contributed by atoms with E-state index in [1.807, 2.05) is 11.0 Å². The summed E-state index contributed by atoms with van der Waals surface area (Å²) in [5.74, 6) is -0.0181. The summed E-state index contributed by atoms with van der Waals surface area (Å²) in [6.07, 6.45) is 2.07. The van der Waals surface area contributed by atoms with Gasteiger partial charge in [0.15, 0.2) is 0 Å². The maximum Gasteiger partial charge on any atom is 0.258 e. The number of nitrogens with zero attached hydrogens (tertiary/aromatic N) is 3. The predicted octanol–water partition coefficient (Wildman–Crippen LogP) is 6.36. The van der Waals surface area contributed by atoms with Crippen molar-refractivity contribution in [2.24, 2.45) is 0 Å². The lowest BCUT2D eigenvalue weighted by Gasteiger charge is -2.40. The minimum absolute atomic E-state index is 0.0174. The van der Waals surface area contributed by atoms with Gasteiger partial charge in [0.2, 0.25) is 0 Å². The fraction of sp³-hybridized carbons (Fsp3) is 0.375. The Kier molecular flexibility index (Phi) is 6.22. The fourth-order valence-corrected chi connectivity index (χ4v) is 5.78. The Labute approximate surface area is 215 Å². The van der Waals surface area contributed by atoms with Gasteiger partial charge in [-0.15, -0.1) is 0 Å². The molecule has 3 aromatic carbocycles. The van der Waals surface area contributed by atoms with Crippen molar-refractivity contribution in [3.8, 4) is 6.07 Å². The zero-order chi connectivity index (χ0) is 25.5. The van der Waals surface area contributed by atoms with Crippen molar-refractivity contribution in [2.75, 3.05) is 24.5 Å². The minimum atomic E-state index is -0.0181. The van der Waals surface area contributed by atoms with Crippen LogP contribution in [0.4, 0.5) is 5.69 Å². The maximum atomic E-state index is 13.6. The number of piperidine rings is 1. The highest BCUT2D eigenvalue weighted by atomic mass is 16.2. The molecule has 0 bridgehead atoms. The molecule has 184 valence electrons. The number of likely N-dealkylation sites (tertiary alicyclic amines) is 1. The Morgan fingerprint density at radius 3 is 2.39 bits per heavy atom. The largest absolute Gasteiger partial charge is 0.307 e. The molecule has 0 aromatic heterocycles. The van der Waals surface area contributed by atoms with Gasteiger partial charge < -0.3 is 4.90 Å². The van der Waals surface area contributed by atoms with E-state index in [0.29, 0.717) is 17.7 Å². The topological polar surface area (TPSA) is 47.3 Å². The first-order chi connectivity index (χ1) is 17.2. The van der Waals surface area contributed by atoms with Gasteiger partial charge >= 0.3 is 0 Å². The quantitative estimate of drug-likeness (QED) is 0.441. The fourth-order valence-electron chi connectivity index (χ4n) is 5.78. The zero-order valence-electron chi connectivity index (χ0n) is 21.8. The number of nitriles is 1. The molecule has 1 fully saturated rings. The van der Waals surface area contributed by atoms with Crippen molar-refractivity contribution < 1.29 is 4.79 Å². The lowest BCUT2D eigenvalue weighted by molar-refractivity contribution is 0.0975.